The maximum Gasteiger partial charge on any atom is 0.417 e. The van der Waals surface area contributed by atoms with Crippen molar-refractivity contribution in [3.05, 3.63) is 28.8 Å². The van der Waals surface area contributed by atoms with Crippen molar-refractivity contribution in [1.29, 1.82) is 0 Å². The normalized spacial score (nSPS) is 12.1. The van der Waals surface area contributed by atoms with Crippen molar-refractivity contribution in [1.82, 2.24) is 5.32 Å². The Morgan fingerprint density at radius 3 is 2.54 bits per heavy atom. The number of amides is 1. The van der Waals surface area contributed by atoms with Crippen LogP contribution in [0, 0.1) is 0 Å². The maximum atomic E-state index is 13.0. The van der Waals surface area contributed by atoms with Crippen LogP contribution in [0.2, 0.25) is 5.02 Å². The van der Waals surface area contributed by atoms with Crippen molar-refractivity contribution in [2.45, 2.75) is 19.5 Å². The van der Waals surface area contributed by atoms with Crippen LogP contribution in [0.5, 0.6) is 0 Å². The summed E-state index contributed by atoms with van der Waals surface area (Å²) >= 11 is 5.54. The fraction of sp³-hybridized carbons (Fsp3) is 0.533. The minimum Gasteiger partial charge on any atom is -0.382 e. The number of benzene rings is 1. The van der Waals surface area contributed by atoms with Gasteiger partial charge in [0, 0.05) is 19.8 Å². The van der Waals surface area contributed by atoms with Gasteiger partial charge in [-0.3, -0.25) is 9.10 Å². The van der Waals surface area contributed by atoms with Gasteiger partial charge in [0.15, 0.2) is 0 Å². The van der Waals surface area contributed by atoms with E-state index in [4.69, 9.17) is 16.3 Å². The van der Waals surface area contributed by atoms with Gasteiger partial charge in [-0.25, -0.2) is 8.42 Å². The first kappa shape index (κ1) is 22.5. The number of nitrogens with zero attached hydrogens (tertiary/aromatic N) is 1. The van der Waals surface area contributed by atoms with Crippen molar-refractivity contribution < 1.29 is 31.1 Å². The fourth-order valence-electron chi connectivity index (χ4n) is 2.02. The molecule has 6 nitrogen and oxygen atoms in total. The van der Waals surface area contributed by atoms with E-state index in [-0.39, 0.29) is 12.2 Å². The van der Waals surface area contributed by atoms with E-state index in [1.807, 2.05) is 6.92 Å². The number of ether oxygens (including phenoxy) is 1. The van der Waals surface area contributed by atoms with Crippen LogP contribution in [0.25, 0.3) is 0 Å². The Kier molecular flexibility index (Phi) is 8.16. The Balaban J connectivity index is 2.94. The average molecular weight is 417 g/mol. The molecule has 0 radical (unpaired) electrons. The van der Waals surface area contributed by atoms with Crippen molar-refractivity contribution >= 4 is 33.2 Å². The third-order valence-electron chi connectivity index (χ3n) is 3.22. The molecule has 0 aromatic heterocycles. The molecule has 1 amide bonds. The average Bonchev–Trinajstić information content (AvgIpc) is 2.51. The molecule has 11 heteroatoms. The molecule has 148 valence electrons. The first-order chi connectivity index (χ1) is 12.0. The molecule has 0 unspecified atom stereocenters. The lowest BCUT2D eigenvalue weighted by atomic mass is 10.2. The molecule has 1 rings (SSSR count). The standard InChI is InChI=1S/C15H20ClF3N2O4S/c1-3-25-8-4-7-20-14(22)10-21(26(2,23)24)11-5-6-13(16)12(9-11)15(17,18)19/h5-6,9H,3-4,7-8,10H2,1-2H3,(H,20,22). The molecular weight excluding hydrogens is 397 g/mol. The Morgan fingerprint density at radius 2 is 2.00 bits per heavy atom. The van der Waals surface area contributed by atoms with Crippen molar-refractivity contribution in [3.63, 3.8) is 0 Å². The molecule has 0 aliphatic carbocycles. The summed E-state index contributed by atoms with van der Waals surface area (Å²) in [6.45, 7) is 2.40. The second-order valence-corrected chi connectivity index (χ2v) is 7.65. The van der Waals surface area contributed by atoms with Gasteiger partial charge in [-0.05, 0) is 31.5 Å². The number of alkyl halides is 3. The summed E-state index contributed by atoms with van der Waals surface area (Å²) in [6.07, 6.45) is -3.42. The van der Waals surface area contributed by atoms with E-state index in [2.05, 4.69) is 5.32 Å². The van der Waals surface area contributed by atoms with Crippen molar-refractivity contribution in [2.24, 2.45) is 0 Å². The van der Waals surface area contributed by atoms with Crippen LogP contribution in [-0.2, 0) is 25.7 Å². The zero-order chi connectivity index (χ0) is 20.0. The van der Waals surface area contributed by atoms with E-state index in [1.165, 1.54) is 0 Å². The van der Waals surface area contributed by atoms with E-state index in [0.717, 1.165) is 18.4 Å². The van der Waals surface area contributed by atoms with E-state index < -0.39 is 39.2 Å². The lowest BCUT2D eigenvalue weighted by Crippen LogP contribution is -2.40. The third kappa shape index (κ3) is 7.00. The van der Waals surface area contributed by atoms with Gasteiger partial charge >= 0.3 is 6.18 Å². The summed E-state index contributed by atoms with van der Waals surface area (Å²) in [5.74, 6) is -0.643. The SMILES string of the molecule is CCOCCCNC(=O)CN(c1ccc(Cl)c(C(F)(F)F)c1)S(C)(=O)=O. The first-order valence-electron chi connectivity index (χ1n) is 7.65. The Morgan fingerprint density at radius 1 is 1.35 bits per heavy atom. The predicted octanol–water partition coefficient (Wildman–Crippen LogP) is 2.67. The second kappa shape index (κ2) is 9.43. The first-order valence-corrected chi connectivity index (χ1v) is 9.88. The summed E-state index contributed by atoms with van der Waals surface area (Å²) < 4.78 is 68.5. The van der Waals surface area contributed by atoms with Gasteiger partial charge < -0.3 is 10.1 Å². The number of hydrogen-bond donors (Lipinski definition) is 1. The second-order valence-electron chi connectivity index (χ2n) is 5.33. The molecule has 1 aromatic carbocycles. The molecule has 0 saturated carbocycles. The summed E-state index contributed by atoms with van der Waals surface area (Å²) in [6, 6.07) is 2.66. The summed E-state index contributed by atoms with van der Waals surface area (Å²) in [5.41, 5.74) is -1.48. The molecule has 0 saturated heterocycles. The number of carbonyl (C=O) groups excluding carboxylic acids is 1. The molecule has 0 atom stereocenters. The van der Waals surface area contributed by atoms with Crippen molar-refractivity contribution in [2.75, 3.05) is 36.9 Å². The topological polar surface area (TPSA) is 75.7 Å². The molecule has 1 aromatic rings. The van der Waals surface area contributed by atoms with Crippen LogP contribution < -0.4 is 9.62 Å². The van der Waals surface area contributed by atoms with Crippen LogP contribution in [0.4, 0.5) is 18.9 Å². The summed E-state index contributed by atoms with van der Waals surface area (Å²) in [5, 5.41) is 1.94. The van der Waals surface area contributed by atoms with E-state index in [9.17, 15) is 26.4 Å². The highest BCUT2D eigenvalue weighted by molar-refractivity contribution is 7.92. The Bertz CT molecular complexity index is 726. The summed E-state index contributed by atoms with van der Waals surface area (Å²) in [4.78, 5) is 11.9. The molecule has 0 spiro atoms. The number of rotatable bonds is 9. The van der Waals surface area contributed by atoms with Gasteiger partial charge in [0.05, 0.1) is 22.5 Å². The van der Waals surface area contributed by atoms with Crippen LogP contribution in [0.3, 0.4) is 0 Å². The maximum absolute atomic E-state index is 13.0. The van der Waals surface area contributed by atoms with Crippen LogP contribution >= 0.6 is 11.6 Å². The van der Waals surface area contributed by atoms with Gasteiger partial charge in [-0.2, -0.15) is 13.2 Å². The highest BCUT2D eigenvalue weighted by Crippen LogP contribution is 2.37. The number of hydrogen-bond acceptors (Lipinski definition) is 4. The monoisotopic (exact) mass is 416 g/mol. The van der Waals surface area contributed by atoms with Crippen LogP contribution in [0.15, 0.2) is 18.2 Å². The zero-order valence-electron chi connectivity index (χ0n) is 14.3. The zero-order valence-corrected chi connectivity index (χ0v) is 15.8. The highest BCUT2D eigenvalue weighted by Gasteiger charge is 2.34. The molecule has 0 bridgehead atoms. The minimum atomic E-state index is -4.75. The minimum absolute atomic E-state index is 0.255. The largest absolute Gasteiger partial charge is 0.417 e. The van der Waals surface area contributed by atoms with Gasteiger partial charge in [0.1, 0.15) is 6.54 Å². The molecule has 0 fully saturated rings. The lowest BCUT2D eigenvalue weighted by Gasteiger charge is -2.23. The predicted molar refractivity (Wildman–Crippen MR) is 92.8 cm³/mol. The van der Waals surface area contributed by atoms with Gasteiger partial charge in [0.2, 0.25) is 15.9 Å². The number of nitrogens with one attached hydrogen (secondary N) is 1. The van der Waals surface area contributed by atoms with Gasteiger partial charge in [-0.15, -0.1) is 0 Å². The van der Waals surface area contributed by atoms with Gasteiger partial charge in [-0.1, -0.05) is 11.6 Å². The van der Waals surface area contributed by atoms with E-state index >= 15 is 0 Å². The molecule has 0 aliphatic heterocycles. The van der Waals surface area contributed by atoms with Crippen LogP contribution in [-0.4, -0.2) is 46.9 Å². The number of halogens is 4. The smallest absolute Gasteiger partial charge is 0.382 e. The summed E-state index contributed by atoms with van der Waals surface area (Å²) in [7, 11) is -3.99. The molecule has 26 heavy (non-hydrogen) atoms. The molecule has 0 heterocycles. The van der Waals surface area contributed by atoms with E-state index in [0.29, 0.717) is 30.0 Å². The van der Waals surface area contributed by atoms with E-state index in [1.54, 1.807) is 0 Å². The van der Waals surface area contributed by atoms with Gasteiger partial charge in [0.25, 0.3) is 0 Å². The number of carbonyl (C=O) groups is 1. The highest BCUT2D eigenvalue weighted by atomic mass is 35.5. The quantitative estimate of drug-likeness (QED) is 0.628. The third-order valence-corrected chi connectivity index (χ3v) is 4.69. The number of anilines is 1. The Labute approximate surface area is 155 Å². The molecule has 0 aliphatic rings. The molecule has 1 N–H and O–H groups in total. The molecular formula is C15H20ClF3N2O4S. The Hall–Kier alpha value is -1.52. The fourth-order valence-corrected chi connectivity index (χ4v) is 3.09. The number of sulfonamides is 1. The van der Waals surface area contributed by atoms with Crippen LogP contribution in [0.1, 0.15) is 18.9 Å². The van der Waals surface area contributed by atoms with Crippen molar-refractivity contribution in [3.8, 4) is 0 Å². The lowest BCUT2D eigenvalue weighted by molar-refractivity contribution is -0.137.